The number of benzene rings is 1. The quantitative estimate of drug-likeness (QED) is 0.469. The van der Waals surface area contributed by atoms with Crippen LogP contribution in [0, 0.1) is 11.3 Å². The number of H-pyrrole nitrogens is 1. The number of carbonyl (C=O) groups is 3. The van der Waals surface area contributed by atoms with Gasteiger partial charge in [-0.15, -0.1) is 0 Å². The van der Waals surface area contributed by atoms with E-state index in [1.54, 1.807) is 35.0 Å². The summed E-state index contributed by atoms with van der Waals surface area (Å²) in [7, 11) is 0. The number of likely N-dealkylation sites (tertiary alicyclic amines) is 2. The third-order valence-electron chi connectivity index (χ3n) is 6.42. The van der Waals surface area contributed by atoms with Crippen molar-refractivity contribution >= 4 is 29.7 Å². The number of nitrogens with zero attached hydrogens (tertiary/aromatic N) is 3. The highest BCUT2D eigenvalue weighted by Crippen LogP contribution is 2.31. The number of carbonyl (C=O) groups excluding carboxylic acids is 3. The number of ether oxygens (including phenoxy) is 1. The van der Waals surface area contributed by atoms with E-state index >= 15 is 0 Å². The molecule has 182 valence electrons. The predicted molar refractivity (Wildman–Crippen MR) is 130 cm³/mol. The van der Waals surface area contributed by atoms with Crippen LogP contribution in [0.2, 0.25) is 0 Å². The van der Waals surface area contributed by atoms with Gasteiger partial charge >= 0.3 is 6.09 Å². The first-order valence-corrected chi connectivity index (χ1v) is 12.8. The molecule has 0 unspecified atom stereocenters. The summed E-state index contributed by atoms with van der Waals surface area (Å²) >= 11 is 1.72. The number of nitrogens with one attached hydrogen (secondary N) is 1. The molecule has 2 saturated heterocycles. The van der Waals surface area contributed by atoms with Gasteiger partial charge in [-0.3, -0.25) is 14.5 Å². The second kappa shape index (κ2) is 10.6. The summed E-state index contributed by atoms with van der Waals surface area (Å²) in [6.07, 6.45) is 6.53. The molecule has 8 nitrogen and oxygen atoms in total. The average molecular weight is 485 g/mol. The third-order valence-corrected chi connectivity index (χ3v) is 7.55. The highest BCUT2D eigenvalue weighted by molar-refractivity contribution is 7.99. The minimum atomic E-state index is -0.322. The minimum absolute atomic E-state index is 0.102. The highest BCUT2D eigenvalue weighted by Gasteiger charge is 2.37. The van der Waals surface area contributed by atoms with Gasteiger partial charge in [0, 0.05) is 50.6 Å². The van der Waals surface area contributed by atoms with Crippen molar-refractivity contribution in [3.05, 3.63) is 42.2 Å². The van der Waals surface area contributed by atoms with Gasteiger partial charge in [0.1, 0.15) is 5.75 Å². The Morgan fingerprint density at radius 3 is 2.44 bits per heavy atom. The number of hydrogen-bond donors (Lipinski definition) is 1. The van der Waals surface area contributed by atoms with Crippen LogP contribution in [0.4, 0.5) is 4.79 Å². The maximum absolute atomic E-state index is 12.6. The molecule has 0 atom stereocenters. The molecule has 1 N–H and O–H groups in total. The van der Waals surface area contributed by atoms with Crippen molar-refractivity contribution in [2.45, 2.75) is 51.1 Å². The van der Waals surface area contributed by atoms with Crippen LogP contribution in [0.3, 0.4) is 0 Å². The number of rotatable bonds is 7. The van der Waals surface area contributed by atoms with Crippen LogP contribution in [0.5, 0.6) is 5.75 Å². The van der Waals surface area contributed by atoms with Crippen molar-refractivity contribution in [1.82, 2.24) is 19.8 Å². The summed E-state index contributed by atoms with van der Waals surface area (Å²) in [5.74, 6) is 1.84. The summed E-state index contributed by atoms with van der Waals surface area (Å²) in [4.78, 5) is 47.7. The molecule has 9 heteroatoms. The van der Waals surface area contributed by atoms with Crippen LogP contribution in [0.1, 0.15) is 45.1 Å². The molecular weight excluding hydrogens is 452 g/mol. The monoisotopic (exact) mass is 484 g/mol. The molecule has 1 aromatic heterocycles. The van der Waals surface area contributed by atoms with Crippen molar-refractivity contribution in [3.63, 3.8) is 0 Å². The van der Waals surface area contributed by atoms with Crippen LogP contribution in [-0.2, 0) is 16.0 Å². The van der Waals surface area contributed by atoms with Crippen molar-refractivity contribution in [1.29, 1.82) is 0 Å². The van der Waals surface area contributed by atoms with Gasteiger partial charge in [0.25, 0.3) is 0 Å². The Morgan fingerprint density at radius 1 is 1.15 bits per heavy atom. The second-order valence-electron chi connectivity index (χ2n) is 9.85. The molecule has 2 aromatic rings. The molecular formula is C25H32N4O4S. The molecule has 3 amide bonds. The Kier molecular flexibility index (Phi) is 7.60. The first-order valence-electron chi connectivity index (χ1n) is 11.8. The van der Waals surface area contributed by atoms with E-state index in [0.29, 0.717) is 50.6 Å². The van der Waals surface area contributed by atoms with Crippen LogP contribution in [0.15, 0.2) is 41.8 Å². The fourth-order valence-corrected chi connectivity index (χ4v) is 5.41. The van der Waals surface area contributed by atoms with Gasteiger partial charge in [-0.2, -0.15) is 0 Å². The fraction of sp³-hybridized carbons (Fsp3) is 0.520. The molecule has 2 aliphatic rings. The Balaban J connectivity index is 1.20. The van der Waals surface area contributed by atoms with Crippen LogP contribution < -0.4 is 4.74 Å². The van der Waals surface area contributed by atoms with Gasteiger partial charge in [-0.05, 0) is 48.3 Å². The normalized spacial score (nSPS) is 18.9. The lowest BCUT2D eigenvalue weighted by Gasteiger charge is -2.34. The molecule has 1 aromatic carbocycles. The molecule has 0 radical (unpaired) electrons. The van der Waals surface area contributed by atoms with Crippen molar-refractivity contribution in [3.8, 4) is 5.75 Å². The zero-order valence-corrected chi connectivity index (χ0v) is 20.6. The van der Waals surface area contributed by atoms with Crippen LogP contribution in [-0.4, -0.2) is 63.1 Å². The molecule has 0 bridgehead atoms. The molecule has 0 saturated carbocycles. The highest BCUT2D eigenvalue weighted by atomic mass is 32.2. The van der Waals surface area contributed by atoms with Gasteiger partial charge in [0.2, 0.25) is 11.8 Å². The van der Waals surface area contributed by atoms with E-state index in [4.69, 9.17) is 4.74 Å². The number of hydrogen-bond acceptors (Lipinski definition) is 6. The lowest BCUT2D eigenvalue weighted by Crippen LogP contribution is -2.46. The summed E-state index contributed by atoms with van der Waals surface area (Å²) in [5.41, 5.74) is 0.727. The summed E-state index contributed by atoms with van der Waals surface area (Å²) in [6.45, 7) is 5.65. The predicted octanol–water partition coefficient (Wildman–Crippen LogP) is 4.13. The van der Waals surface area contributed by atoms with Gasteiger partial charge in [0.15, 0.2) is 5.16 Å². The van der Waals surface area contributed by atoms with E-state index in [1.165, 1.54) is 4.90 Å². The summed E-state index contributed by atoms with van der Waals surface area (Å²) < 4.78 is 5.56. The Hall–Kier alpha value is -2.81. The first-order chi connectivity index (χ1) is 16.3. The molecule has 34 heavy (non-hydrogen) atoms. The average Bonchev–Trinajstić information content (AvgIpc) is 3.31. The zero-order valence-electron chi connectivity index (χ0n) is 19.8. The van der Waals surface area contributed by atoms with E-state index in [1.807, 2.05) is 32.2 Å². The molecule has 0 aliphatic carbocycles. The second-order valence-corrected chi connectivity index (χ2v) is 10.9. The summed E-state index contributed by atoms with van der Waals surface area (Å²) in [5, 5.41) is 0.934. The molecule has 4 rings (SSSR count). The van der Waals surface area contributed by atoms with Crippen LogP contribution >= 0.6 is 11.8 Å². The number of thioether (sulfide) groups is 1. The third kappa shape index (κ3) is 6.40. The van der Waals surface area contributed by atoms with E-state index < -0.39 is 0 Å². The first kappa shape index (κ1) is 24.3. The number of piperidine rings is 2. The van der Waals surface area contributed by atoms with Crippen molar-refractivity contribution < 1.29 is 19.1 Å². The number of imidazole rings is 1. The zero-order chi connectivity index (χ0) is 24.1. The lowest BCUT2D eigenvalue weighted by atomic mass is 9.81. The van der Waals surface area contributed by atoms with Crippen LogP contribution in [0.25, 0.3) is 0 Å². The van der Waals surface area contributed by atoms with E-state index in [0.717, 1.165) is 29.3 Å². The minimum Gasteiger partial charge on any atom is -0.410 e. The molecule has 2 fully saturated rings. The van der Waals surface area contributed by atoms with Gasteiger partial charge < -0.3 is 14.6 Å². The van der Waals surface area contributed by atoms with Gasteiger partial charge in [0.05, 0.1) is 0 Å². The Labute approximate surface area is 204 Å². The van der Waals surface area contributed by atoms with E-state index in [9.17, 15) is 14.4 Å². The van der Waals surface area contributed by atoms with Gasteiger partial charge in [-0.25, -0.2) is 9.78 Å². The Morgan fingerprint density at radius 2 is 1.82 bits per heavy atom. The largest absolute Gasteiger partial charge is 0.415 e. The SMILES string of the molecule is CC1(C)CC(=O)N(CCc2ccc(OC(=O)N3CCC(CSc4ncc[nH]4)CC3)cc2)C(=O)C1. The lowest BCUT2D eigenvalue weighted by molar-refractivity contribution is -0.152. The molecule has 2 aliphatic heterocycles. The van der Waals surface area contributed by atoms with E-state index in [2.05, 4.69) is 9.97 Å². The number of imide groups is 1. The van der Waals surface area contributed by atoms with Gasteiger partial charge in [-0.1, -0.05) is 37.7 Å². The van der Waals surface area contributed by atoms with E-state index in [-0.39, 0.29) is 23.3 Å². The number of aromatic nitrogens is 2. The maximum atomic E-state index is 12.6. The smallest absolute Gasteiger partial charge is 0.410 e. The molecule has 3 heterocycles. The fourth-order valence-electron chi connectivity index (χ4n) is 4.40. The number of amides is 3. The molecule has 0 spiro atoms. The Bertz CT molecular complexity index is 978. The topological polar surface area (TPSA) is 95.6 Å². The van der Waals surface area contributed by atoms with Crippen molar-refractivity contribution in [2.24, 2.45) is 11.3 Å². The standard InChI is InChI=1S/C25H32N4O4S/c1-25(2)15-21(30)29(22(31)16-25)14-9-18-3-5-20(6-4-18)33-24(32)28-12-7-19(8-13-28)17-34-23-26-10-11-27-23/h3-6,10-11,19H,7-9,12-17H2,1-2H3,(H,26,27). The van der Waals surface area contributed by atoms with Crippen molar-refractivity contribution in [2.75, 3.05) is 25.4 Å². The number of aromatic amines is 1. The maximum Gasteiger partial charge on any atom is 0.415 e. The summed E-state index contributed by atoms with van der Waals surface area (Å²) in [6, 6.07) is 7.29.